The molecule has 3 rings (SSSR count). The largest absolute Gasteiger partial charge is 0.371 e. The quantitative estimate of drug-likeness (QED) is 0.660. The maximum absolute atomic E-state index is 12.8. The van der Waals surface area contributed by atoms with E-state index in [1.165, 1.54) is 10.7 Å². The van der Waals surface area contributed by atoms with Gasteiger partial charge in [0.2, 0.25) is 5.75 Å². The molecule has 136 valence electrons. The van der Waals surface area contributed by atoms with Gasteiger partial charge in [0, 0.05) is 7.05 Å². The van der Waals surface area contributed by atoms with Gasteiger partial charge in [-0.3, -0.25) is 9.48 Å². The van der Waals surface area contributed by atoms with Crippen LogP contribution in [0, 0.1) is 20.8 Å². The fraction of sp³-hybridized carbons (Fsp3) is 0.211. The second-order valence-electron chi connectivity index (χ2n) is 6.20. The molecule has 0 atom stereocenters. The van der Waals surface area contributed by atoms with E-state index in [0.29, 0.717) is 16.9 Å². The third kappa shape index (κ3) is 3.06. The Hall–Kier alpha value is -2.80. The van der Waals surface area contributed by atoms with Crippen LogP contribution < -0.4 is 9.74 Å². The van der Waals surface area contributed by atoms with Gasteiger partial charge < -0.3 is 4.18 Å². The van der Waals surface area contributed by atoms with Gasteiger partial charge >= 0.3 is 15.7 Å². The maximum atomic E-state index is 12.8. The molecule has 2 aromatic carbocycles. The summed E-state index contributed by atoms with van der Waals surface area (Å²) in [6.45, 7) is 5.22. The lowest BCUT2D eigenvalue weighted by Gasteiger charge is -2.09. The minimum atomic E-state index is -4.12. The molecule has 0 aliphatic carbocycles. The first-order valence-electron chi connectivity index (χ1n) is 8.08. The molecule has 26 heavy (non-hydrogen) atoms. The van der Waals surface area contributed by atoms with Crippen LogP contribution in [0.15, 0.2) is 58.2 Å². The monoisotopic (exact) mass is 372 g/mol. The van der Waals surface area contributed by atoms with Crippen molar-refractivity contribution in [2.75, 3.05) is 0 Å². The summed E-state index contributed by atoms with van der Waals surface area (Å²) in [4.78, 5) is 12.9. The second kappa shape index (κ2) is 6.49. The van der Waals surface area contributed by atoms with E-state index >= 15 is 0 Å². The highest BCUT2D eigenvalue weighted by Gasteiger charge is 2.26. The molecule has 1 heterocycles. The molecule has 3 aromatic rings. The fourth-order valence-electron chi connectivity index (χ4n) is 2.87. The van der Waals surface area contributed by atoms with Crippen LogP contribution in [-0.2, 0) is 17.2 Å². The van der Waals surface area contributed by atoms with Crippen LogP contribution in [0.25, 0.3) is 5.69 Å². The Kier molecular flexibility index (Phi) is 4.50. The summed E-state index contributed by atoms with van der Waals surface area (Å²) in [7, 11) is -2.44. The molecular weight excluding hydrogens is 352 g/mol. The van der Waals surface area contributed by atoms with Crippen LogP contribution in [0.2, 0.25) is 0 Å². The SMILES string of the molecule is Cc1ccc(S(=O)(=O)Oc2c(C)n(C)n(-c3ccccc3)c2=O)c(C)c1. The molecule has 7 heteroatoms. The number of nitrogens with zero attached hydrogens (tertiary/aromatic N) is 2. The Labute approximate surface area is 152 Å². The van der Waals surface area contributed by atoms with Gasteiger partial charge in [0.05, 0.1) is 11.4 Å². The van der Waals surface area contributed by atoms with E-state index in [1.807, 2.05) is 13.0 Å². The van der Waals surface area contributed by atoms with E-state index in [9.17, 15) is 13.2 Å². The van der Waals surface area contributed by atoms with Crippen LogP contribution in [-0.4, -0.2) is 17.8 Å². The predicted octanol–water partition coefficient (Wildman–Crippen LogP) is 2.87. The highest BCUT2D eigenvalue weighted by Crippen LogP contribution is 2.23. The molecule has 0 N–H and O–H groups in total. The average molecular weight is 372 g/mol. The number of rotatable bonds is 4. The lowest BCUT2D eigenvalue weighted by atomic mass is 10.2. The number of aryl methyl sites for hydroxylation is 2. The number of para-hydroxylation sites is 1. The molecule has 0 aliphatic rings. The Bertz CT molecular complexity index is 1130. The third-order valence-corrected chi connectivity index (χ3v) is 5.68. The first-order valence-corrected chi connectivity index (χ1v) is 9.49. The van der Waals surface area contributed by atoms with E-state index in [1.54, 1.807) is 62.0 Å². The van der Waals surface area contributed by atoms with Gasteiger partial charge in [-0.15, -0.1) is 0 Å². The Morgan fingerprint density at radius 2 is 1.62 bits per heavy atom. The molecule has 0 spiro atoms. The standard InChI is InChI=1S/C19H20N2O4S/c1-13-10-11-17(14(2)12-13)26(23,24)25-18-15(3)20(4)21(19(18)22)16-8-6-5-7-9-16/h5-12H,1-4H3. The number of benzene rings is 2. The summed E-state index contributed by atoms with van der Waals surface area (Å²) in [5.74, 6) is -0.198. The first kappa shape index (κ1) is 18.0. The number of aromatic nitrogens is 2. The molecule has 0 unspecified atom stereocenters. The number of hydrogen-bond acceptors (Lipinski definition) is 4. The molecule has 0 saturated heterocycles. The molecule has 1 aromatic heterocycles. The van der Waals surface area contributed by atoms with Crippen molar-refractivity contribution in [3.63, 3.8) is 0 Å². The van der Waals surface area contributed by atoms with Crippen LogP contribution in [0.3, 0.4) is 0 Å². The summed E-state index contributed by atoms with van der Waals surface area (Å²) in [6, 6.07) is 13.9. The van der Waals surface area contributed by atoms with Gasteiger partial charge in [-0.05, 0) is 44.5 Å². The lowest BCUT2D eigenvalue weighted by Crippen LogP contribution is -2.21. The van der Waals surface area contributed by atoms with Gasteiger partial charge in [-0.2, -0.15) is 8.42 Å². The zero-order chi connectivity index (χ0) is 19.1. The molecule has 0 radical (unpaired) electrons. The van der Waals surface area contributed by atoms with E-state index in [4.69, 9.17) is 4.18 Å². The zero-order valence-corrected chi connectivity index (χ0v) is 15.9. The highest BCUT2D eigenvalue weighted by molar-refractivity contribution is 7.87. The number of hydrogen-bond donors (Lipinski definition) is 0. The molecular formula is C19H20N2O4S. The van der Waals surface area contributed by atoms with Gasteiger partial charge in [0.15, 0.2) is 0 Å². The van der Waals surface area contributed by atoms with E-state index in [0.717, 1.165) is 5.56 Å². The van der Waals surface area contributed by atoms with Crippen LogP contribution in [0.5, 0.6) is 5.75 Å². The lowest BCUT2D eigenvalue weighted by molar-refractivity contribution is 0.480. The topological polar surface area (TPSA) is 70.3 Å². The van der Waals surface area contributed by atoms with Crippen LogP contribution >= 0.6 is 0 Å². The van der Waals surface area contributed by atoms with Crippen molar-refractivity contribution in [2.24, 2.45) is 7.05 Å². The average Bonchev–Trinajstić information content (AvgIpc) is 2.78. The van der Waals surface area contributed by atoms with Crippen LogP contribution in [0.1, 0.15) is 16.8 Å². The second-order valence-corrected chi connectivity index (χ2v) is 7.71. The molecule has 0 fully saturated rings. The summed E-state index contributed by atoms with van der Waals surface area (Å²) in [6.07, 6.45) is 0. The first-order chi connectivity index (χ1) is 12.2. The Morgan fingerprint density at radius 3 is 2.23 bits per heavy atom. The summed E-state index contributed by atoms with van der Waals surface area (Å²) >= 11 is 0. The van der Waals surface area contributed by atoms with E-state index in [2.05, 4.69) is 0 Å². The highest BCUT2D eigenvalue weighted by atomic mass is 32.2. The van der Waals surface area contributed by atoms with Gasteiger partial charge in [0.1, 0.15) is 4.90 Å². The van der Waals surface area contributed by atoms with Crippen molar-refractivity contribution in [3.8, 4) is 11.4 Å². The van der Waals surface area contributed by atoms with Crippen molar-refractivity contribution in [1.82, 2.24) is 9.36 Å². The third-order valence-electron chi connectivity index (χ3n) is 4.29. The zero-order valence-electron chi connectivity index (χ0n) is 15.1. The summed E-state index contributed by atoms with van der Waals surface area (Å²) in [5.41, 5.74) is 2.05. The minimum Gasteiger partial charge on any atom is -0.371 e. The molecule has 0 amide bonds. The van der Waals surface area contributed by atoms with Gasteiger partial charge in [0.25, 0.3) is 0 Å². The fourth-order valence-corrected chi connectivity index (χ4v) is 4.06. The molecule has 0 aliphatic heterocycles. The van der Waals surface area contributed by atoms with Crippen molar-refractivity contribution in [2.45, 2.75) is 25.7 Å². The van der Waals surface area contributed by atoms with Crippen LogP contribution in [0.4, 0.5) is 0 Å². The van der Waals surface area contributed by atoms with Gasteiger partial charge in [-0.1, -0.05) is 35.9 Å². The summed E-state index contributed by atoms with van der Waals surface area (Å²) < 4.78 is 33.7. The van der Waals surface area contributed by atoms with E-state index in [-0.39, 0.29) is 10.6 Å². The smallest absolute Gasteiger partial charge is 0.339 e. The maximum Gasteiger partial charge on any atom is 0.339 e. The van der Waals surface area contributed by atoms with Crippen molar-refractivity contribution >= 4 is 10.1 Å². The van der Waals surface area contributed by atoms with Crippen molar-refractivity contribution in [3.05, 3.63) is 75.7 Å². The van der Waals surface area contributed by atoms with Crippen molar-refractivity contribution < 1.29 is 12.6 Å². The predicted molar refractivity (Wildman–Crippen MR) is 99.5 cm³/mol. The molecule has 0 saturated carbocycles. The molecule has 6 nitrogen and oxygen atoms in total. The van der Waals surface area contributed by atoms with Crippen molar-refractivity contribution in [1.29, 1.82) is 0 Å². The Balaban J connectivity index is 2.10. The summed E-state index contributed by atoms with van der Waals surface area (Å²) in [5, 5.41) is 0. The Morgan fingerprint density at radius 1 is 0.962 bits per heavy atom. The minimum absolute atomic E-state index is 0.0528. The van der Waals surface area contributed by atoms with Gasteiger partial charge in [-0.25, -0.2) is 4.68 Å². The van der Waals surface area contributed by atoms with E-state index < -0.39 is 15.7 Å². The molecule has 0 bridgehead atoms. The normalized spacial score (nSPS) is 11.5.